The molecular formula is C22H20N6. The SMILES string of the molecule is Cc1ncc(-c2ccc3c(c2)c(N)c(N)c2cc(-c4cnc(C)[nH]4)ccc23)[nH]1. The minimum atomic E-state index is 0.596. The lowest BCUT2D eigenvalue weighted by atomic mass is 9.95. The van der Waals surface area contributed by atoms with Crippen LogP contribution >= 0.6 is 0 Å². The highest BCUT2D eigenvalue weighted by Crippen LogP contribution is 2.39. The summed E-state index contributed by atoms with van der Waals surface area (Å²) in [7, 11) is 0. The second-order valence-corrected chi connectivity index (χ2v) is 7.11. The Bertz CT molecular complexity index is 1250. The van der Waals surface area contributed by atoms with Gasteiger partial charge in [-0.3, -0.25) is 0 Å². The zero-order chi connectivity index (χ0) is 19.4. The van der Waals surface area contributed by atoms with E-state index in [0.29, 0.717) is 11.4 Å². The number of aryl methyl sites for hydroxylation is 2. The molecular weight excluding hydrogens is 348 g/mol. The van der Waals surface area contributed by atoms with Crippen molar-refractivity contribution in [2.75, 3.05) is 11.5 Å². The van der Waals surface area contributed by atoms with Crippen LogP contribution in [0.2, 0.25) is 0 Å². The normalized spacial score (nSPS) is 11.5. The summed E-state index contributed by atoms with van der Waals surface area (Å²) in [6.45, 7) is 3.87. The van der Waals surface area contributed by atoms with Crippen molar-refractivity contribution in [3.05, 3.63) is 60.4 Å². The monoisotopic (exact) mass is 368 g/mol. The summed E-state index contributed by atoms with van der Waals surface area (Å²) in [5.74, 6) is 1.75. The number of nitrogens with one attached hydrogen (secondary N) is 2. The van der Waals surface area contributed by atoms with Crippen LogP contribution in [0, 0.1) is 13.8 Å². The molecule has 0 saturated carbocycles. The number of aromatic nitrogens is 4. The minimum absolute atomic E-state index is 0.596. The maximum absolute atomic E-state index is 6.46. The molecule has 5 rings (SSSR count). The summed E-state index contributed by atoms with van der Waals surface area (Å²) in [6, 6.07) is 12.5. The van der Waals surface area contributed by atoms with E-state index in [2.05, 4.69) is 56.3 Å². The third kappa shape index (κ3) is 2.42. The third-order valence-electron chi connectivity index (χ3n) is 5.23. The molecule has 3 aromatic carbocycles. The molecule has 6 nitrogen and oxygen atoms in total. The van der Waals surface area contributed by atoms with Crippen molar-refractivity contribution < 1.29 is 0 Å². The standard InChI is InChI=1S/C22H20N6/c1-11-25-9-19(27-11)13-3-5-15-16-6-4-14(20-10-26-12(2)28-20)8-18(16)22(24)21(23)17(15)7-13/h3-10H,23-24H2,1-2H3,(H,25,27)(H,26,28). The number of nitrogen functional groups attached to an aromatic ring is 2. The van der Waals surface area contributed by atoms with E-state index in [9.17, 15) is 0 Å². The smallest absolute Gasteiger partial charge is 0.103 e. The largest absolute Gasteiger partial charge is 0.397 e. The van der Waals surface area contributed by atoms with Crippen LogP contribution in [-0.2, 0) is 0 Å². The first-order chi connectivity index (χ1) is 13.5. The lowest BCUT2D eigenvalue weighted by Crippen LogP contribution is -1.98. The number of rotatable bonds is 2. The Morgan fingerprint density at radius 3 is 1.43 bits per heavy atom. The van der Waals surface area contributed by atoms with Gasteiger partial charge < -0.3 is 21.4 Å². The van der Waals surface area contributed by atoms with E-state index < -0.39 is 0 Å². The van der Waals surface area contributed by atoms with Crippen LogP contribution in [-0.4, -0.2) is 19.9 Å². The van der Waals surface area contributed by atoms with Crippen LogP contribution < -0.4 is 11.5 Å². The number of benzene rings is 3. The number of nitrogens with two attached hydrogens (primary N) is 2. The number of aromatic amines is 2. The van der Waals surface area contributed by atoms with E-state index in [4.69, 9.17) is 11.5 Å². The maximum atomic E-state index is 6.46. The summed E-state index contributed by atoms with van der Waals surface area (Å²) < 4.78 is 0. The third-order valence-corrected chi connectivity index (χ3v) is 5.23. The zero-order valence-electron chi connectivity index (χ0n) is 15.7. The second kappa shape index (κ2) is 5.85. The lowest BCUT2D eigenvalue weighted by Gasteiger charge is -2.13. The molecule has 138 valence electrons. The van der Waals surface area contributed by atoms with Gasteiger partial charge in [0.05, 0.1) is 35.2 Å². The van der Waals surface area contributed by atoms with Crippen molar-refractivity contribution in [1.82, 2.24) is 19.9 Å². The Labute approximate surface area is 161 Å². The van der Waals surface area contributed by atoms with Gasteiger partial charge in [-0.25, -0.2) is 9.97 Å². The molecule has 0 atom stereocenters. The van der Waals surface area contributed by atoms with Crippen molar-refractivity contribution >= 4 is 32.9 Å². The predicted octanol–water partition coefficient (Wildman–Crippen LogP) is 4.55. The van der Waals surface area contributed by atoms with Gasteiger partial charge in [-0.05, 0) is 36.8 Å². The van der Waals surface area contributed by atoms with E-state index in [1.54, 1.807) is 0 Å². The minimum Gasteiger partial charge on any atom is -0.397 e. The molecule has 0 unspecified atom stereocenters. The van der Waals surface area contributed by atoms with Crippen molar-refractivity contribution in [2.45, 2.75) is 13.8 Å². The zero-order valence-corrected chi connectivity index (χ0v) is 15.7. The molecule has 0 aliphatic heterocycles. The van der Waals surface area contributed by atoms with E-state index in [1.807, 2.05) is 26.2 Å². The van der Waals surface area contributed by atoms with E-state index in [1.165, 1.54) is 0 Å². The number of fused-ring (bicyclic) bond motifs is 3. The van der Waals surface area contributed by atoms with Gasteiger partial charge in [0, 0.05) is 21.9 Å². The maximum Gasteiger partial charge on any atom is 0.103 e. The Hall–Kier alpha value is -3.80. The molecule has 0 amide bonds. The van der Waals surface area contributed by atoms with Gasteiger partial charge in [-0.1, -0.05) is 24.3 Å². The first-order valence-corrected chi connectivity index (χ1v) is 9.09. The molecule has 0 bridgehead atoms. The second-order valence-electron chi connectivity index (χ2n) is 7.11. The summed E-state index contributed by atoms with van der Waals surface area (Å²) >= 11 is 0. The van der Waals surface area contributed by atoms with Crippen molar-refractivity contribution in [3.63, 3.8) is 0 Å². The van der Waals surface area contributed by atoms with Gasteiger partial charge in [0.1, 0.15) is 11.6 Å². The van der Waals surface area contributed by atoms with Gasteiger partial charge in [0.25, 0.3) is 0 Å². The van der Waals surface area contributed by atoms with Crippen LogP contribution in [0.4, 0.5) is 11.4 Å². The molecule has 0 radical (unpaired) electrons. The average molecular weight is 368 g/mol. The van der Waals surface area contributed by atoms with Crippen LogP contribution in [0.25, 0.3) is 44.1 Å². The molecule has 0 fully saturated rings. The van der Waals surface area contributed by atoms with Crippen LogP contribution in [0.3, 0.4) is 0 Å². The fourth-order valence-corrected chi connectivity index (χ4v) is 3.76. The van der Waals surface area contributed by atoms with Crippen molar-refractivity contribution in [1.29, 1.82) is 0 Å². The average Bonchev–Trinajstić information content (AvgIpc) is 3.34. The highest BCUT2D eigenvalue weighted by Gasteiger charge is 2.13. The summed E-state index contributed by atoms with van der Waals surface area (Å²) in [4.78, 5) is 15.1. The van der Waals surface area contributed by atoms with Crippen LogP contribution in [0.1, 0.15) is 11.6 Å². The van der Waals surface area contributed by atoms with Gasteiger partial charge in [0.15, 0.2) is 0 Å². The summed E-state index contributed by atoms with van der Waals surface area (Å²) in [6.07, 6.45) is 3.66. The van der Waals surface area contributed by atoms with Gasteiger partial charge >= 0.3 is 0 Å². The first-order valence-electron chi connectivity index (χ1n) is 9.09. The number of imidazole rings is 2. The Morgan fingerprint density at radius 2 is 1.07 bits per heavy atom. The summed E-state index contributed by atoms with van der Waals surface area (Å²) in [5.41, 5.74) is 18.1. The molecule has 6 heteroatoms. The van der Waals surface area contributed by atoms with Crippen molar-refractivity contribution in [2.24, 2.45) is 0 Å². The molecule has 5 aromatic rings. The van der Waals surface area contributed by atoms with Gasteiger partial charge in [-0.15, -0.1) is 0 Å². The van der Waals surface area contributed by atoms with Gasteiger partial charge in [-0.2, -0.15) is 0 Å². The topological polar surface area (TPSA) is 109 Å². The molecule has 0 spiro atoms. The van der Waals surface area contributed by atoms with E-state index in [0.717, 1.165) is 55.7 Å². The molecule has 0 aliphatic carbocycles. The predicted molar refractivity (Wildman–Crippen MR) is 115 cm³/mol. The molecule has 0 aliphatic rings. The fraction of sp³-hybridized carbons (Fsp3) is 0.0909. The number of H-pyrrole nitrogens is 2. The summed E-state index contributed by atoms with van der Waals surface area (Å²) in [5, 5.41) is 4.04. The highest BCUT2D eigenvalue weighted by molar-refractivity contribution is 6.20. The number of nitrogens with zero attached hydrogens (tertiary/aromatic N) is 2. The lowest BCUT2D eigenvalue weighted by molar-refractivity contribution is 1.15. The quantitative estimate of drug-likeness (QED) is 0.208. The molecule has 6 N–H and O–H groups in total. The Kier molecular flexibility index (Phi) is 3.42. The Balaban J connectivity index is 1.75. The first kappa shape index (κ1) is 16.4. The molecule has 2 aromatic heterocycles. The molecule has 2 heterocycles. The van der Waals surface area contributed by atoms with Gasteiger partial charge in [0.2, 0.25) is 0 Å². The number of hydrogen-bond acceptors (Lipinski definition) is 4. The number of hydrogen-bond donors (Lipinski definition) is 4. The van der Waals surface area contributed by atoms with E-state index >= 15 is 0 Å². The molecule has 0 saturated heterocycles. The van der Waals surface area contributed by atoms with Crippen LogP contribution in [0.5, 0.6) is 0 Å². The van der Waals surface area contributed by atoms with Crippen molar-refractivity contribution in [3.8, 4) is 22.5 Å². The van der Waals surface area contributed by atoms with E-state index in [-0.39, 0.29) is 0 Å². The Morgan fingerprint density at radius 1 is 0.643 bits per heavy atom. The highest BCUT2D eigenvalue weighted by atomic mass is 14.9. The number of anilines is 2. The van der Waals surface area contributed by atoms with Crippen LogP contribution in [0.15, 0.2) is 48.8 Å². The fourth-order valence-electron chi connectivity index (χ4n) is 3.76. The molecule has 28 heavy (non-hydrogen) atoms.